The van der Waals surface area contributed by atoms with Crippen LogP contribution in [-0.2, 0) is 11.3 Å². The lowest BCUT2D eigenvalue weighted by atomic mass is 10.1. The summed E-state index contributed by atoms with van der Waals surface area (Å²) in [5.74, 6) is -0.258. The number of amides is 1. The largest absolute Gasteiger partial charge is 0.482 e. The van der Waals surface area contributed by atoms with Crippen LogP contribution in [0, 0.1) is 0 Å². The van der Waals surface area contributed by atoms with Crippen molar-refractivity contribution in [1.29, 1.82) is 0 Å². The molecule has 1 atom stereocenters. The summed E-state index contributed by atoms with van der Waals surface area (Å²) in [6, 6.07) is 20.5. The summed E-state index contributed by atoms with van der Waals surface area (Å²) in [6.45, 7) is 1.52. The summed E-state index contributed by atoms with van der Waals surface area (Å²) in [4.78, 5) is 26.8. The second-order valence-electron chi connectivity index (χ2n) is 6.77. The molecule has 29 heavy (non-hydrogen) atoms. The smallest absolute Gasteiger partial charge is 0.289 e. The van der Waals surface area contributed by atoms with Crippen LogP contribution < -0.4 is 10.2 Å². The molecule has 2 aromatic carbocycles. The summed E-state index contributed by atoms with van der Waals surface area (Å²) in [6.07, 6.45) is 1.00. The minimum Gasteiger partial charge on any atom is -0.482 e. The van der Waals surface area contributed by atoms with E-state index in [-0.39, 0.29) is 35.6 Å². The van der Waals surface area contributed by atoms with Crippen molar-refractivity contribution < 1.29 is 18.7 Å². The topological polar surface area (TPSA) is 69.0 Å². The molecule has 0 unspecified atom stereocenters. The van der Waals surface area contributed by atoms with E-state index in [1.165, 1.54) is 12.3 Å². The van der Waals surface area contributed by atoms with Gasteiger partial charge in [-0.05, 0) is 11.1 Å². The number of carbonyl (C=O) groups excluding carboxylic acids is 1. The minimum atomic E-state index is -0.386. The fourth-order valence-electron chi connectivity index (χ4n) is 3.21. The van der Waals surface area contributed by atoms with E-state index in [9.17, 15) is 9.59 Å². The third-order valence-corrected chi connectivity index (χ3v) is 4.77. The Morgan fingerprint density at radius 3 is 2.52 bits per heavy atom. The molecule has 0 saturated carbocycles. The molecule has 1 aliphatic rings. The highest BCUT2D eigenvalue weighted by atomic mass is 16.5. The van der Waals surface area contributed by atoms with Gasteiger partial charge < -0.3 is 18.8 Å². The molecular formula is C23H21NO5. The van der Waals surface area contributed by atoms with Crippen LogP contribution in [0.2, 0.25) is 0 Å². The summed E-state index contributed by atoms with van der Waals surface area (Å²) >= 11 is 0. The first kappa shape index (κ1) is 19.0. The molecule has 4 rings (SSSR count). The quantitative estimate of drug-likeness (QED) is 0.667. The molecule has 3 aromatic rings. The third kappa shape index (κ3) is 4.55. The number of carbonyl (C=O) groups is 1. The van der Waals surface area contributed by atoms with E-state index in [2.05, 4.69) is 0 Å². The Labute approximate surface area is 168 Å². The van der Waals surface area contributed by atoms with Crippen LogP contribution in [-0.4, -0.2) is 30.5 Å². The van der Waals surface area contributed by atoms with Gasteiger partial charge in [0.05, 0.1) is 13.2 Å². The maximum absolute atomic E-state index is 12.8. The second-order valence-corrected chi connectivity index (χ2v) is 6.77. The molecule has 6 nitrogen and oxygen atoms in total. The van der Waals surface area contributed by atoms with E-state index in [0.29, 0.717) is 19.7 Å². The zero-order valence-corrected chi connectivity index (χ0v) is 15.8. The number of hydrogen-bond acceptors (Lipinski definition) is 5. The van der Waals surface area contributed by atoms with Crippen molar-refractivity contribution in [2.75, 3.05) is 19.7 Å². The fourth-order valence-corrected chi connectivity index (χ4v) is 3.21. The summed E-state index contributed by atoms with van der Waals surface area (Å²) < 4.78 is 16.7. The summed E-state index contributed by atoms with van der Waals surface area (Å²) in [5, 5.41) is 0. The lowest BCUT2D eigenvalue weighted by molar-refractivity contribution is -0.0238. The highest BCUT2D eigenvalue weighted by molar-refractivity contribution is 5.91. The van der Waals surface area contributed by atoms with Gasteiger partial charge in [-0.2, -0.15) is 0 Å². The molecule has 1 saturated heterocycles. The van der Waals surface area contributed by atoms with Gasteiger partial charge >= 0.3 is 0 Å². The molecule has 6 heteroatoms. The van der Waals surface area contributed by atoms with E-state index in [1.807, 2.05) is 60.7 Å². The molecule has 2 heterocycles. The summed E-state index contributed by atoms with van der Waals surface area (Å²) in [7, 11) is 0. The average Bonchev–Trinajstić information content (AvgIpc) is 2.79. The molecule has 1 fully saturated rings. The van der Waals surface area contributed by atoms with Crippen molar-refractivity contribution in [1.82, 2.24) is 4.90 Å². The van der Waals surface area contributed by atoms with Gasteiger partial charge in [-0.1, -0.05) is 60.7 Å². The Bertz CT molecular complexity index is 1020. The molecule has 0 aliphatic carbocycles. The van der Waals surface area contributed by atoms with Crippen molar-refractivity contribution in [3.8, 4) is 5.75 Å². The first-order valence-electron chi connectivity index (χ1n) is 9.46. The van der Waals surface area contributed by atoms with E-state index < -0.39 is 0 Å². The molecule has 1 amide bonds. The fraction of sp³-hybridized carbons (Fsp3) is 0.217. The highest BCUT2D eigenvalue weighted by Crippen LogP contribution is 2.23. The Hall–Kier alpha value is -3.38. The predicted octanol–water partition coefficient (Wildman–Crippen LogP) is 3.43. The van der Waals surface area contributed by atoms with Crippen molar-refractivity contribution in [3.05, 3.63) is 100 Å². The molecular weight excluding hydrogens is 370 g/mol. The second kappa shape index (κ2) is 8.75. The number of rotatable bonds is 5. The van der Waals surface area contributed by atoms with Crippen LogP contribution >= 0.6 is 0 Å². The minimum absolute atomic E-state index is 0.00391. The van der Waals surface area contributed by atoms with Gasteiger partial charge in [0.2, 0.25) is 11.2 Å². The summed E-state index contributed by atoms with van der Waals surface area (Å²) in [5.41, 5.74) is 1.56. The predicted molar refractivity (Wildman–Crippen MR) is 107 cm³/mol. The van der Waals surface area contributed by atoms with Crippen molar-refractivity contribution in [2.24, 2.45) is 0 Å². The van der Waals surface area contributed by atoms with Gasteiger partial charge in [0.15, 0.2) is 5.76 Å². The van der Waals surface area contributed by atoms with Crippen molar-refractivity contribution >= 4 is 5.91 Å². The Morgan fingerprint density at radius 1 is 1.07 bits per heavy atom. The van der Waals surface area contributed by atoms with Crippen LogP contribution in [0.15, 0.2) is 82.2 Å². The highest BCUT2D eigenvalue weighted by Gasteiger charge is 2.27. The van der Waals surface area contributed by atoms with Crippen LogP contribution in [0.3, 0.4) is 0 Å². The standard InChI is InChI=1S/C23H21NO5/c25-19-13-20(29-16-22(19)28-15-17-7-3-1-4-8-17)23(26)24-11-12-27-21(14-24)18-9-5-2-6-10-18/h1-10,13,16,21H,11-12,14-15H2/t21-/m0/s1. The van der Waals surface area contributed by atoms with E-state index in [0.717, 1.165) is 11.1 Å². The van der Waals surface area contributed by atoms with Gasteiger partial charge in [-0.3, -0.25) is 9.59 Å². The lowest BCUT2D eigenvalue weighted by Crippen LogP contribution is -2.42. The van der Waals surface area contributed by atoms with Gasteiger partial charge in [0.1, 0.15) is 19.0 Å². The third-order valence-electron chi connectivity index (χ3n) is 4.77. The zero-order valence-electron chi connectivity index (χ0n) is 15.8. The number of nitrogens with zero attached hydrogens (tertiary/aromatic N) is 1. The van der Waals surface area contributed by atoms with E-state index in [1.54, 1.807) is 4.90 Å². The molecule has 0 bridgehead atoms. The monoisotopic (exact) mass is 391 g/mol. The van der Waals surface area contributed by atoms with Crippen LogP contribution in [0.1, 0.15) is 27.8 Å². The van der Waals surface area contributed by atoms with Crippen LogP contribution in [0.25, 0.3) is 0 Å². The van der Waals surface area contributed by atoms with E-state index in [4.69, 9.17) is 13.9 Å². The number of ether oxygens (including phenoxy) is 2. The normalized spacial score (nSPS) is 16.4. The average molecular weight is 391 g/mol. The molecule has 1 aromatic heterocycles. The number of benzene rings is 2. The molecule has 0 radical (unpaired) electrons. The maximum atomic E-state index is 12.8. The van der Waals surface area contributed by atoms with Crippen LogP contribution in [0.5, 0.6) is 5.75 Å². The van der Waals surface area contributed by atoms with Gasteiger partial charge in [-0.15, -0.1) is 0 Å². The van der Waals surface area contributed by atoms with Crippen molar-refractivity contribution in [2.45, 2.75) is 12.7 Å². The molecule has 0 N–H and O–H groups in total. The van der Waals surface area contributed by atoms with Crippen LogP contribution in [0.4, 0.5) is 0 Å². The zero-order chi connectivity index (χ0) is 20.1. The first-order valence-corrected chi connectivity index (χ1v) is 9.46. The maximum Gasteiger partial charge on any atom is 0.289 e. The first-order chi connectivity index (χ1) is 14.2. The molecule has 1 aliphatic heterocycles. The number of hydrogen-bond donors (Lipinski definition) is 0. The van der Waals surface area contributed by atoms with E-state index >= 15 is 0 Å². The SMILES string of the molecule is O=C(c1cc(=O)c(OCc2ccccc2)co1)N1CCO[C@H](c2ccccc2)C1. The van der Waals surface area contributed by atoms with Gasteiger partial charge in [-0.25, -0.2) is 0 Å². The molecule has 0 spiro atoms. The molecule has 148 valence electrons. The Kier molecular flexibility index (Phi) is 5.72. The lowest BCUT2D eigenvalue weighted by Gasteiger charge is -2.32. The van der Waals surface area contributed by atoms with Gasteiger partial charge in [0.25, 0.3) is 5.91 Å². The van der Waals surface area contributed by atoms with Gasteiger partial charge in [0, 0.05) is 12.6 Å². The van der Waals surface area contributed by atoms with Crippen molar-refractivity contribution in [3.63, 3.8) is 0 Å². The Balaban J connectivity index is 1.43. The number of morpholine rings is 1. The Morgan fingerprint density at radius 2 is 1.79 bits per heavy atom.